The van der Waals surface area contributed by atoms with Gasteiger partial charge in [-0.25, -0.2) is 23.5 Å². The maximum Gasteiger partial charge on any atom is 0.270 e. The molecule has 1 amide bonds. The average molecular weight is 346 g/mol. The van der Waals surface area contributed by atoms with E-state index in [1.165, 1.54) is 12.1 Å². The van der Waals surface area contributed by atoms with Gasteiger partial charge in [-0.05, 0) is 43.5 Å². The summed E-state index contributed by atoms with van der Waals surface area (Å²) < 4.78 is 22.4. The Morgan fingerprint density at radius 3 is 2.50 bits per heavy atom. The highest BCUT2D eigenvalue weighted by Crippen LogP contribution is 2.38. The molecule has 1 aliphatic rings. The van der Waals surface area contributed by atoms with E-state index in [1.807, 2.05) is 6.92 Å². The first-order valence-corrected chi connectivity index (χ1v) is 9.13. The van der Waals surface area contributed by atoms with Crippen LogP contribution in [-0.4, -0.2) is 24.3 Å². The summed E-state index contributed by atoms with van der Waals surface area (Å²) in [5.41, 5.74) is 1.89. The van der Waals surface area contributed by atoms with Gasteiger partial charge in [0.1, 0.15) is 11.5 Å². The number of sulfonamides is 1. The molecule has 3 rings (SSSR count). The Labute approximate surface area is 140 Å². The van der Waals surface area contributed by atoms with Crippen molar-refractivity contribution in [2.75, 3.05) is 0 Å². The predicted molar refractivity (Wildman–Crippen MR) is 87.7 cm³/mol. The van der Waals surface area contributed by atoms with Crippen molar-refractivity contribution in [3.05, 3.63) is 53.1 Å². The fraction of sp³-hybridized carbons (Fsp3) is 0.312. The molecule has 0 unspecified atom stereocenters. The number of hydrogen-bond acceptors (Lipinski definition) is 5. The number of nitrogens with two attached hydrogens (primary N) is 1. The van der Waals surface area contributed by atoms with Crippen molar-refractivity contribution < 1.29 is 13.2 Å². The highest BCUT2D eigenvalue weighted by molar-refractivity contribution is 7.89. The van der Waals surface area contributed by atoms with Crippen molar-refractivity contribution in [3.63, 3.8) is 0 Å². The van der Waals surface area contributed by atoms with Crippen LogP contribution in [0.5, 0.6) is 0 Å². The summed E-state index contributed by atoms with van der Waals surface area (Å²) in [7, 11) is -3.71. The van der Waals surface area contributed by atoms with E-state index in [9.17, 15) is 13.2 Å². The van der Waals surface area contributed by atoms with Crippen LogP contribution < -0.4 is 10.5 Å². The van der Waals surface area contributed by atoms with E-state index in [2.05, 4.69) is 15.3 Å². The third-order valence-corrected chi connectivity index (χ3v) is 4.68. The zero-order valence-electron chi connectivity index (χ0n) is 13.2. The van der Waals surface area contributed by atoms with Crippen LogP contribution in [0.3, 0.4) is 0 Å². The smallest absolute Gasteiger partial charge is 0.270 e. The normalized spacial score (nSPS) is 14.4. The topological polar surface area (TPSA) is 115 Å². The van der Waals surface area contributed by atoms with Gasteiger partial charge in [-0.2, -0.15) is 0 Å². The van der Waals surface area contributed by atoms with Gasteiger partial charge in [0.25, 0.3) is 5.91 Å². The van der Waals surface area contributed by atoms with Gasteiger partial charge >= 0.3 is 0 Å². The minimum atomic E-state index is -3.71. The van der Waals surface area contributed by atoms with Crippen molar-refractivity contribution >= 4 is 15.9 Å². The average Bonchev–Trinajstić information content (AvgIpc) is 3.36. The summed E-state index contributed by atoms with van der Waals surface area (Å²) in [5.74, 6) is 0.831. The first-order chi connectivity index (χ1) is 11.3. The van der Waals surface area contributed by atoms with Crippen molar-refractivity contribution in [2.24, 2.45) is 5.14 Å². The van der Waals surface area contributed by atoms with Crippen LogP contribution in [0.15, 0.2) is 35.2 Å². The molecular formula is C16H18N4O3S. The molecule has 1 saturated carbocycles. The Kier molecular flexibility index (Phi) is 4.33. The Bertz CT molecular complexity index is 875. The van der Waals surface area contributed by atoms with Gasteiger partial charge in [-0.3, -0.25) is 4.79 Å². The molecule has 0 aliphatic heterocycles. The SMILES string of the molecule is Cc1cc(C(=O)NCc2ccc(S(N)(=O)=O)cc2)nc(C2CC2)n1. The second-order valence-electron chi connectivity index (χ2n) is 5.90. The molecule has 126 valence electrons. The van der Waals surface area contributed by atoms with Crippen LogP contribution >= 0.6 is 0 Å². The fourth-order valence-corrected chi connectivity index (χ4v) is 2.82. The van der Waals surface area contributed by atoms with Crippen LogP contribution in [0.25, 0.3) is 0 Å². The number of rotatable bonds is 5. The standard InChI is InChI=1S/C16H18N4O3S/c1-10-8-14(20-15(19-10)12-4-5-12)16(21)18-9-11-2-6-13(7-3-11)24(17,22)23/h2-3,6-8,12H,4-5,9H2,1H3,(H,18,21)(H2,17,22,23). The predicted octanol–water partition coefficient (Wildman–Crippen LogP) is 1.24. The number of carbonyl (C=O) groups is 1. The Balaban J connectivity index is 1.67. The van der Waals surface area contributed by atoms with Gasteiger partial charge in [0.05, 0.1) is 4.90 Å². The van der Waals surface area contributed by atoms with Crippen LogP contribution in [0.1, 0.15) is 46.3 Å². The van der Waals surface area contributed by atoms with Crippen molar-refractivity contribution in [2.45, 2.75) is 37.1 Å². The number of hydrogen-bond donors (Lipinski definition) is 2. The van der Waals surface area contributed by atoms with Gasteiger partial charge in [-0.15, -0.1) is 0 Å². The monoisotopic (exact) mass is 346 g/mol. The molecule has 24 heavy (non-hydrogen) atoms. The third-order valence-electron chi connectivity index (χ3n) is 3.75. The molecular weight excluding hydrogens is 328 g/mol. The van der Waals surface area contributed by atoms with Crippen LogP contribution in [0.4, 0.5) is 0 Å². The van der Waals surface area contributed by atoms with Crippen molar-refractivity contribution in [1.29, 1.82) is 0 Å². The molecule has 7 nitrogen and oxygen atoms in total. The van der Waals surface area contributed by atoms with Gasteiger partial charge in [0.2, 0.25) is 10.0 Å². The van der Waals surface area contributed by atoms with Crippen molar-refractivity contribution in [1.82, 2.24) is 15.3 Å². The van der Waals surface area contributed by atoms with Crippen LogP contribution in [0, 0.1) is 6.92 Å². The molecule has 1 aromatic carbocycles. The van der Waals surface area contributed by atoms with Gasteiger partial charge in [0.15, 0.2) is 0 Å². The summed E-state index contributed by atoms with van der Waals surface area (Å²) in [4.78, 5) is 21.0. The van der Waals surface area contributed by atoms with E-state index in [1.54, 1.807) is 18.2 Å². The van der Waals surface area contributed by atoms with Crippen LogP contribution in [0.2, 0.25) is 0 Å². The van der Waals surface area contributed by atoms with E-state index >= 15 is 0 Å². The van der Waals surface area contributed by atoms with E-state index in [-0.39, 0.29) is 17.3 Å². The maximum absolute atomic E-state index is 12.3. The number of benzene rings is 1. The lowest BCUT2D eigenvalue weighted by molar-refractivity contribution is 0.0945. The third kappa shape index (κ3) is 3.95. The number of amides is 1. The quantitative estimate of drug-likeness (QED) is 0.845. The van der Waals surface area contributed by atoms with E-state index in [0.717, 1.165) is 29.9 Å². The van der Waals surface area contributed by atoms with Gasteiger partial charge in [0, 0.05) is 18.2 Å². The molecule has 0 radical (unpaired) electrons. The zero-order chi connectivity index (χ0) is 17.3. The molecule has 0 saturated heterocycles. The zero-order valence-corrected chi connectivity index (χ0v) is 14.0. The lowest BCUT2D eigenvalue weighted by Gasteiger charge is -2.07. The molecule has 1 aliphatic carbocycles. The summed E-state index contributed by atoms with van der Waals surface area (Å²) in [6, 6.07) is 7.71. The number of aromatic nitrogens is 2. The Hall–Kier alpha value is -2.32. The van der Waals surface area contributed by atoms with Crippen molar-refractivity contribution in [3.8, 4) is 0 Å². The van der Waals surface area contributed by atoms with Gasteiger partial charge in [-0.1, -0.05) is 12.1 Å². The lowest BCUT2D eigenvalue weighted by Crippen LogP contribution is -2.24. The first-order valence-electron chi connectivity index (χ1n) is 7.58. The molecule has 0 atom stereocenters. The fourth-order valence-electron chi connectivity index (χ4n) is 2.30. The highest BCUT2D eigenvalue weighted by atomic mass is 32.2. The van der Waals surface area contributed by atoms with E-state index in [4.69, 9.17) is 5.14 Å². The molecule has 2 aromatic rings. The Morgan fingerprint density at radius 2 is 1.92 bits per heavy atom. The number of nitrogens with zero attached hydrogens (tertiary/aromatic N) is 2. The number of carbonyl (C=O) groups excluding carboxylic acids is 1. The number of aryl methyl sites for hydroxylation is 1. The number of nitrogens with one attached hydrogen (secondary N) is 1. The molecule has 0 spiro atoms. The molecule has 1 heterocycles. The summed E-state index contributed by atoms with van der Waals surface area (Å²) in [6.07, 6.45) is 2.14. The molecule has 0 bridgehead atoms. The molecule has 8 heteroatoms. The summed E-state index contributed by atoms with van der Waals surface area (Å²) in [5, 5.41) is 7.83. The van der Waals surface area contributed by atoms with Gasteiger partial charge < -0.3 is 5.32 Å². The molecule has 3 N–H and O–H groups in total. The summed E-state index contributed by atoms with van der Waals surface area (Å²) >= 11 is 0. The lowest BCUT2D eigenvalue weighted by atomic mass is 10.2. The first kappa shape index (κ1) is 16.5. The molecule has 1 aromatic heterocycles. The largest absolute Gasteiger partial charge is 0.347 e. The van der Waals surface area contributed by atoms with Crippen LogP contribution in [-0.2, 0) is 16.6 Å². The number of primary sulfonamides is 1. The maximum atomic E-state index is 12.3. The molecule has 1 fully saturated rings. The highest BCUT2D eigenvalue weighted by Gasteiger charge is 2.27. The minimum absolute atomic E-state index is 0.0399. The second-order valence-corrected chi connectivity index (χ2v) is 7.46. The Morgan fingerprint density at radius 1 is 1.25 bits per heavy atom. The summed E-state index contributed by atoms with van der Waals surface area (Å²) in [6.45, 7) is 2.11. The minimum Gasteiger partial charge on any atom is -0.347 e. The second kappa shape index (κ2) is 6.29. The van der Waals surface area contributed by atoms with E-state index in [0.29, 0.717) is 11.6 Å². The van der Waals surface area contributed by atoms with E-state index < -0.39 is 10.0 Å².